The van der Waals surface area contributed by atoms with E-state index in [1.807, 2.05) is 44.2 Å². The molecule has 1 heterocycles. The van der Waals surface area contributed by atoms with E-state index in [1.165, 1.54) is 6.07 Å². The Balaban J connectivity index is 1.79. The van der Waals surface area contributed by atoms with E-state index in [9.17, 15) is 18.4 Å². The van der Waals surface area contributed by atoms with E-state index in [0.29, 0.717) is 29.7 Å². The Labute approximate surface area is 180 Å². The molecule has 0 saturated carbocycles. The number of hydrogen-bond donors (Lipinski definition) is 2. The Kier molecular flexibility index (Phi) is 5.25. The molecule has 0 spiro atoms. The van der Waals surface area contributed by atoms with Crippen LogP contribution in [0, 0.1) is 17.0 Å². The average molecular weight is 422 g/mol. The molecule has 0 saturated heterocycles. The fraction of sp³-hybridized carbons (Fsp3) is 0.280. The maximum Gasteiger partial charge on any atom is 0.254 e. The van der Waals surface area contributed by atoms with Gasteiger partial charge >= 0.3 is 0 Å². The van der Waals surface area contributed by atoms with E-state index in [-0.39, 0.29) is 16.9 Å². The fourth-order valence-corrected chi connectivity index (χ4v) is 4.50. The minimum absolute atomic E-state index is 0.00151. The van der Waals surface area contributed by atoms with Gasteiger partial charge in [0.2, 0.25) is 0 Å². The van der Waals surface area contributed by atoms with Gasteiger partial charge in [-0.3, -0.25) is 9.59 Å². The summed E-state index contributed by atoms with van der Waals surface area (Å²) >= 11 is 0. The zero-order valence-electron chi connectivity index (χ0n) is 17.7. The molecule has 4 rings (SSSR count). The number of carbonyl (C=O) groups excluding carboxylic acids is 2. The number of ketones is 1. The van der Waals surface area contributed by atoms with Crippen LogP contribution in [0.2, 0.25) is 0 Å². The third kappa shape index (κ3) is 4.02. The Morgan fingerprint density at radius 2 is 1.81 bits per heavy atom. The van der Waals surface area contributed by atoms with Gasteiger partial charge in [0, 0.05) is 40.9 Å². The molecule has 4 nitrogen and oxygen atoms in total. The lowest BCUT2D eigenvalue weighted by Crippen LogP contribution is -2.39. The van der Waals surface area contributed by atoms with Crippen LogP contribution in [0.5, 0.6) is 0 Å². The predicted octanol–water partition coefficient (Wildman–Crippen LogP) is 5.21. The van der Waals surface area contributed by atoms with Gasteiger partial charge in [0.05, 0.1) is 5.69 Å². The van der Waals surface area contributed by atoms with E-state index < -0.39 is 23.5 Å². The summed E-state index contributed by atoms with van der Waals surface area (Å²) < 4.78 is 27.4. The van der Waals surface area contributed by atoms with Gasteiger partial charge in [-0.15, -0.1) is 0 Å². The van der Waals surface area contributed by atoms with Crippen LogP contribution in [0.25, 0.3) is 0 Å². The molecule has 6 heteroatoms. The molecule has 1 aliphatic carbocycles. The first-order valence-corrected chi connectivity index (χ1v) is 10.2. The number of halogens is 2. The summed E-state index contributed by atoms with van der Waals surface area (Å²) in [7, 11) is 0. The molecular weight excluding hydrogens is 398 g/mol. The van der Waals surface area contributed by atoms with E-state index in [4.69, 9.17) is 0 Å². The molecular formula is C25H24F2N2O2. The van der Waals surface area contributed by atoms with Crippen LogP contribution in [0.15, 0.2) is 71.1 Å². The van der Waals surface area contributed by atoms with Crippen LogP contribution in [0.1, 0.15) is 45.1 Å². The van der Waals surface area contributed by atoms with Crippen LogP contribution in [0.4, 0.5) is 14.5 Å². The predicted molar refractivity (Wildman–Crippen MR) is 115 cm³/mol. The van der Waals surface area contributed by atoms with E-state index in [0.717, 1.165) is 23.4 Å². The average Bonchev–Trinajstić information content (AvgIpc) is 2.68. The third-order valence-electron chi connectivity index (χ3n) is 5.80. The Hall–Kier alpha value is -3.28. The molecule has 0 fully saturated rings. The summed E-state index contributed by atoms with van der Waals surface area (Å²) in [5.74, 6) is -2.68. The second-order valence-electron chi connectivity index (χ2n) is 8.92. The number of benzene rings is 2. The summed E-state index contributed by atoms with van der Waals surface area (Å²) in [5, 5.41) is 5.82. The van der Waals surface area contributed by atoms with Crippen molar-refractivity contribution in [2.75, 3.05) is 5.32 Å². The number of hydrogen-bond acceptors (Lipinski definition) is 3. The van der Waals surface area contributed by atoms with Gasteiger partial charge in [0.1, 0.15) is 11.6 Å². The molecule has 2 aromatic rings. The van der Waals surface area contributed by atoms with Crippen molar-refractivity contribution in [1.82, 2.24) is 5.32 Å². The van der Waals surface area contributed by atoms with Gasteiger partial charge in [-0.05, 0) is 36.5 Å². The van der Waals surface area contributed by atoms with E-state index in [2.05, 4.69) is 10.6 Å². The molecule has 31 heavy (non-hydrogen) atoms. The molecule has 160 valence electrons. The van der Waals surface area contributed by atoms with Gasteiger partial charge in [-0.1, -0.05) is 44.2 Å². The molecule has 2 N–H and O–H groups in total. The zero-order valence-corrected chi connectivity index (χ0v) is 17.7. The number of anilines is 1. The Morgan fingerprint density at radius 3 is 2.48 bits per heavy atom. The summed E-state index contributed by atoms with van der Waals surface area (Å²) in [6.45, 7) is 5.88. The Morgan fingerprint density at radius 1 is 1.10 bits per heavy atom. The second kappa shape index (κ2) is 7.76. The number of nitrogens with one attached hydrogen (secondary N) is 2. The molecule has 0 radical (unpaired) electrons. The lowest BCUT2D eigenvalue weighted by molar-refractivity contribution is -0.118. The first-order chi connectivity index (χ1) is 14.7. The van der Waals surface area contributed by atoms with Crippen molar-refractivity contribution in [1.29, 1.82) is 0 Å². The van der Waals surface area contributed by atoms with Gasteiger partial charge < -0.3 is 10.6 Å². The zero-order chi connectivity index (χ0) is 22.3. The van der Waals surface area contributed by atoms with Crippen LogP contribution in [0.3, 0.4) is 0 Å². The molecule has 2 aromatic carbocycles. The monoisotopic (exact) mass is 422 g/mol. The molecule has 0 unspecified atom stereocenters. The number of Topliss-reactive ketones (excluding diaryl/α,β-unsaturated/α-hetero) is 1. The van der Waals surface area contributed by atoms with Crippen LogP contribution < -0.4 is 10.6 Å². The van der Waals surface area contributed by atoms with Crippen molar-refractivity contribution in [3.63, 3.8) is 0 Å². The topological polar surface area (TPSA) is 58.2 Å². The molecule has 2 aliphatic rings. The quantitative estimate of drug-likeness (QED) is 0.714. The van der Waals surface area contributed by atoms with Gasteiger partial charge in [0.15, 0.2) is 5.78 Å². The largest absolute Gasteiger partial charge is 0.362 e. The highest BCUT2D eigenvalue weighted by Gasteiger charge is 2.42. The number of dihydropyridines is 1. The lowest BCUT2D eigenvalue weighted by atomic mass is 9.68. The molecule has 1 amide bonds. The van der Waals surface area contributed by atoms with Crippen molar-refractivity contribution >= 4 is 17.4 Å². The maximum atomic E-state index is 14.2. The number of rotatable bonds is 3. The summed E-state index contributed by atoms with van der Waals surface area (Å²) in [4.78, 5) is 26.5. The molecule has 1 aliphatic heterocycles. The van der Waals surface area contributed by atoms with E-state index in [1.54, 1.807) is 6.92 Å². The standard InChI is InChI=1S/C25H24F2N2O2/c1-14-21(24(31)29-18-10-9-16(26)11-17(18)27)22(15-7-5-4-6-8-15)23-19(28-14)12-25(2,3)13-20(23)30/h4-11,22,28H,12-13H2,1-3H3,(H,29,31)/t22-/m0/s1. The van der Waals surface area contributed by atoms with Crippen molar-refractivity contribution < 1.29 is 18.4 Å². The third-order valence-corrected chi connectivity index (χ3v) is 5.80. The highest BCUT2D eigenvalue weighted by molar-refractivity contribution is 6.10. The molecule has 0 aromatic heterocycles. The fourth-order valence-electron chi connectivity index (χ4n) is 4.50. The van der Waals surface area contributed by atoms with Gasteiger partial charge in [-0.2, -0.15) is 0 Å². The first kappa shape index (κ1) is 21.0. The van der Waals surface area contributed by atoms with Crippen molar-refractivity contribution in [3.8, 4) is 0 Å². The first-order valence-electron chi connectivity index (χ1n) is 10.2. The highest BCUT2D eigenvalue weighted by Crippen LogP contribution is 2.46. The SMILES string of the molecule is CC1=C(C(=O)Nc2ccc(F)cc2F)[C@H](c2ccccc2)C2=C(CC(C)(C)CC2=O)N1. The van der Waals surface area contributed by atoms with Crippen LogP contribution in [-0.4, -0.2) is 11.7 Å². The number of amides is 1. The minimum Gasteiger partial charge on any atom is -0.362 e. The number of carbonyl (C=O) groups is 2. The van der Waals surface area contributed by atoms with Crippen molar-refractivity contribution in [3.05, 3.63) is 88.3 Å². The normalized spacial score (nSPS) is 20.3. The smallest absolute Gasteiger partial charge is 0.254 e. The molecule has 0 bridgehead atoms. The van der Waals surface area contributed by atoms with Crippen LogP contribution in [-0.2, 0) is 9.59 Å². The lowest BCUT2D eigenvalue weighted by Gasteiger charge is -2.39. The maximum absolute atomic E-state index is 14.2. The van der Waals surface area contributed by atoms with Crippen molar-refractivity contribution in [2.45, 2.75) is 39.5 Å². The highest BCUT2D eigenvalue weighted by atomic mass is 19.1. The second-order valence-corrected chi connectivity index (χ2v) is 8.92. The molecule has 1 atom stereocenters. The van der Waals surface area contributed by atoms with Crippen LogP contribution >= 0.6 is 0 Å². The Bertz CT molecular complexity index is 1130. The summed E-state index contributed by atoms with van der Waals surface area (Å²) in [6.07, 6.45) is 1.08. The summed E-state index contributed by atoms with van der Waals surface area (Å²) in [5.41, 5.74) is 2.89. The van der Waals surface area contributed by atoms with Gasteiger partial charge in [-0.25, -0.2) is 8.78 Å². The number of allylic oxidation sites excluding steroid dienone is 3. The minimum atomic E-state index is -0.859. The summed E-state index contributed by atoms with van der Waals surface area (Å²) in [6, 6.07) is 12.3. The van der Waals surface area contributed by atoms with E-state index >= 15 is 0 Å². The van der Waals surface area contributed by atoms with Crippen molar-refractivity contribution in [2.24, 2.45) is 5.41 Å². The van der Waals surface area contributed by atoms with Gasteiger partial charge in [0.25, 0.3) is 5.91 Å².